The summed E-state index contributed by atoms with van der Waals surface area (Å²) in [6.07, 6.45) is 4.15. The number of imidazole rings is 1. The lowest BCUT2D eigenvalue weighted by Crippen LogP contribution is -2.45. The molecule has 1 rings (SSSR count). The lowest BCUT2D eigenvalue weighted by molar-refractivity contribution is -0.143. The van der Waals surface area contributed by atoms with Crippen LogP contribution in [0.1, 0.15) is 39.8 Å². The van der Waals surface area contributed by atoms with Crippen molar-refractivity contribution in [2.45, 2.75) is 58.7 Å². The van der Waals surface area contributed by atoms with E-state index in [1.807, 2.05) is 10.8 Å². The average molecular weight is 311 g/mol. The summed E-state index contributed by atoms with van der Waals surface area (Å²) in [6, 6.07) is -0.829. The maximum Gasteiger partial charge on any atom is 0.408 e. The van der Waals surface area contributed by atoms with E-state index >= 15 is 0 Å². The van der Waals surface area contributed by atoms with Crippen molar-refractivity contribution in [1.82, 2.24) is 14.9 Å². The maximum atomic E-state index is 11.8. The molecular formula is C15H25N3O4. The quantitative estimate of drug-likeness (QED) is 0.811. The number of alkyl carbamates (subject to hydrolysis) is 1. The van der Waals surface area contributed by atoms with Crippen LogP contribution in [-0.2, 0) is 27.2 Å². The fraction of sp³-hybridized carbons (Fsp3) is 0.667. The van der Waals surface area contributed by atoms with Gasteiger partial charge >= 0.3 is 12.1 Å². The molecule has 1 atom stereocenters. The summed E-state index contributed by atoms with van der Waals surface area (Å²) in [6.45, 7) is 8.20. The summed E-state index contributed by atoms with van der Waals surface area (Å²) >= 11 is 0. The number of ether oxygens (including phenoxy) is 2. The number of esters is 1. The number of carbonyl (C=O) groups is 2. The molecule has 1 aromatic heterocycles. The van der Waals surface area contributed by atoms with E-state index in [1.54, 1.807) is 27.1 Å². The van der Waals surface area contributed by atoms with Crippen LogP contribution >= 0.6 is 0 Å². The van der Waals surface area contributed by atoms with Gasteiger partial charge in [-0.3, -0.25) is 0 Å². The summed E-state index contributed by atoms with van der Waals surface area (Å²) in [4.78, 5) is 27.9. The molecule has 0 saturated carbocycles. The second-order valence-corrected chi connectivity index (χ2v) is 6.03. The Balaban J connectivity index is 2.71. The van der Waals surface area contributed by atoms with E-state index in [-0.39, 0.29) is 6.42 Å². The van der Waals surface area contributed by atoms with Crippen molar-refractivity contribution in [2.24, 2.45) is 0 Å². The number of hydrogen-bond donors (Lipinski definition) is 1. The van der Waals surface area contributed by atoms with Crippen LogP contribution in [0.5, 0.6) is 0 Å². The number of amides is 1. The Labute approximate surface area is 131 Å². The highest BCUT2D eigenvalue weighted by Gasteiger charge is 2.26. The number of nitrogens with zero attached hydrogens (tertiary/aromatic N) is 2. The fourth-order valence-electron chi connectivity index (χ4n) is 1.89. The summed E-state index contributed by atoms with van der Waals surface area (Å²) in [5.41, 5.74) is 0.0768. The summed E-state index contributed by atoms with van der Waals surface area (Å²) in [5.74, 6) is -0.532. The first-order chi connectivity index (χ1) is 10.2. The second kappa shape index (κ2) is 7.82. The molecule has 0 saturated heterocycles. The SMILES string of the molecule is CCCn1cnc(C[C@H](NC(=O)OC(C)(C)C)C(=O)OC)c1. The third-order valence-electron chi connectivity index (χ3n) is 2.76. The Morgan fingerprint density at radius 2 is 2.09 bits per heavy atom. The van der Waals surface area contributed by atoms with Gasteiger partial charge in [-0.05, 0) is 27.2 Å². The van der Waals surface area contributed by atoms with E-state index in [9.17, 15) is 9.59 Å². The minimum atomic E-state index is -0.829. The monoisotopic (exact) mass is 311 g/mol. The number of rotatable bonds is 6. The first-order valence-corrected chi connectivity index (χ1v) is 7.33. The smallest absolute Gasteiger partial charge is 0.408 e. The second-order valence-electron chi connectivity index (χ2n) is 6.03. The zero-order valence-corrected chi connectivity index (χ0v) is 13.9. The lowest BCUT2D eigenvalue weighted by Gasteiger charge is -2.22. The molecule has 0 unspecified atom stereocenters. The van der Waals surface area contributed by atoms with Crippen LogP contribution < -0.4 is 5.32 Å². The van der Waals surface area contributed by atoms with Crippen LogP contribution in [0.4, 0.5) is 4.79 Å². The summed E-state index contributed by atoms with van der Waals surface area (Å²) in [5, 5.41) is 2.53. The Hall–Kier alpha value is -2.05. The van der Waals surface area contributed by atoms with Gasteiger partial charge in [-0.1, -0.05) is 6.92 Å². The highest BCUT2D eigenvalue weighted by atomic mass is 16.6. The highest BCUT2D eigenvalue weighted by Crippen LogP contribution is 2.08. The number of methoxy groups -OCH3 is 1. The summed E-state index contributed by atoms with van der Waals surface area (Å²) < 4.78 is 11.8. The van der Waals surface area contributed by atoms with Crippen LogP contribution in [0, 0.1) is 0 Å². The van der Waals surface area contributed by atoms with Crippen molar-refractivity contribution >= 4 is 12.1 Å². The Bertz CT molecular complexity index is 505. The molecule has 7 heteroatoms. The van der Waals surface area contributed by atoms with Crippen molar-refractivity contribution < 1.29 is 19.1 Å². The maximum absolute atomic E-state index is 11.8. The molecule has 0 bridgehead atoms. The molecule has 1 heterocycles. The van der Waals surface area contributed by atoms with Gasteiger partial charge in [-0.2, -0.15) is 0 Å². The third kappa shape index (κ3) is 6.15. The predicted molar refractivity (Wildman–Crippen MR) is 81.4 cm³/mol. The molecule has 0 aliphatic heterocycles. The van der Waals surface area contributed by atoms with Crippen molar-refractivity contribution in [3.63, 3.8) is 0 Å². The van der Waals surface area contributed by atoms with Crippen LogP contribution in [0.3, 0.4) is 0 Å². The highest BCUT2D eigenvalue weighted by molar-refractivity contribution is 5.81. The molecule has 0 fully saturated rings. The number of aryl methyl sites for hydroxylation is 1. The first-order valence-electron chi connectivity index (χ1n) is 7.33. The van der Waals surface area contributed by atoms with Gasteiger partial charge in [0.25, 0.3) is 0 Å². The minimum absolute atomic E-state index is 0.253. The van der Waals surface area contributed by atoms with Gasteiger partial charge in [0.05, 0.1) is 19.1 Å². The van der Waals surface area contributed by atoms with E-state index in [0.717, 1.165) is 13.0 Å². The molecule has 0 radical (unpaired) electrons. The van der Waals surface area contributed by atoms with Crippen LogP contribution in [0.15, 0.2) is 12.5 Å². The number of carbonyl (C=O) groups excluding carboxylic acids is 2. The van der Waals surface area contributed by atoms with E-state index < -0.39 is 23.7 Å². The first kappa shape index (κ1) is 18.0. The van der Waals surface area contributed by atoms with Crippen LogP contribution in [0.2, 0.25) is 0 Å². The fourth-order valence-corrected chi connectivity index (χ4v) is 1.89. The number of hydrogen-bond acceptors (Lipinski definition) is 5. The topological polar surface area (TPSA) is 82.5 Å². The molecule has 0 aliphatic rings. The Morgan fingerprint density at radius 3 is 2.64 bits per heavy atom. The molecule has 1 aromatic rings. The third-order valence-corrected chi connectivity index (χ3v) is 2.76. The van der Waals surface area contributed by atoms with Crippen LogP contribution in [0.25, 0.3) is 0 Å². The van der Waals surface area contributed by atoms with Gasteiger partial charge < -0.3 is 19.4 Å². The van der Waals surface area contributed by atoms with Crippen molar-refractivity contribution in [2.75, 3.05) is 7.11 Å². The van der Waals surface area contributed by atoms with Crippen molar-refractivity contribution in [3.05, 3.63) is 18.2 Å². The van der Waals surface area contributed by atoms with Gasteiger partial charge in [-0.25, -0.2) is 14.6 Å². The predicted octanol–water partition coefficient (Wildman–Crippen LogP) is 1.90. The van der Waals surface area contributed by atoms with E-state index in [2.05, 4.69) is 17.2 Å². The standard InChI is InChI=1S/C15H25N3O4/c1-6-7-18-9-11(16-10-18)8-12(13(19)21-5)17-14(20)22-15(2,3)4/h9-10,12H,6-8H2,1-5H3,(H,17,20)/t12-/m0/s1. The zero-order valence-electron chi connectivity index (χ0n) is 13.9. The minimum Gasteiger partial charge on any atom is -0.467 e. The molecular weight excluding hydrogens is 286 g/mol. The molecule has 1 amide bonds. The van der Waals surface area contributed by atoms with Gasteiger partial charge in [0.2, 0.25) is 0 Å². The van der Waals surface area contributed by atoms with Crippen molar-refractivity contribution in [1.29, 1.82) is 0 Å². The molecule has 0 aliphatic carbocycles. The van der Waals surface area contributed by atoms with Gasteiger partial charge in [0, 0.05) is 19.2 Å². The number of aromatic nitrogens is 2. The Morgan fingerprint density at radius 1 is 1.41 bits per heavy atom. The number of nitrogens with one attached hydrogen (secondary N) is 1. The molecule has 1 N–H and O–H groups in total. The zero-order chi connectivity index (χ0) is 16.8. The van der Waals surface area contributed by atoms with Gasteiger partial charge in [0.1, 0.15) is 11.6 Å². The molecule has 0 aromatic carbocycles. The normalized spacial score (nSPS) is 12.6. The van der Waals surface area contributed by atoms with E-state index in [4.69, 9.17) is 9.47 Å². The summed E-state index contributed by atoms with van der Waals surface area (Å²) in [7, 11) is 1.28. The van der Waals surface area contributed by atoms with Crippen LogP contribution in [-0.4, -0.2) is 40.4 Å². The lowest BCUT2D eigenvalue weighted by atomic mass is 10.1. The van der Waals surface area contributed by atoms with Gasteiger partial charge in [-0.15, -0.1) is 0 Å². The molecule has 22 heavy (non-hydrogen) atoms. The van der Waals surface area contributed by atoms with Crippen molar-refractivity contribution in [3.8, 4) is 0 Å². The van der Waals surface area contributed by atoms with E-state index in [0.29, 0.717) is 5.69 Å². The molecule has 7 nitrogen and oxygen atoms in total. The van der Waals surface area contributed by atoms with E-state index in [1.165, 1.54) is 7.11 Å². The average Bonchev–Trinajstić information content (AvgIpc) is 2.82. The largest absolute Gasteiger partial charge is 0.467 e. The Kier molecular flexibility index (Phi) is 6.39. The van der Waals surface area contributed by atoms with Gasteiger partial charge in [0.15, 0.2) is 0 Å². The molecule has 124 valence electrons. The molecule has 0 spiro atoms.